The van der Waals surface area contributed by atoms with Gasteiger partial charge in [0.05, 0.1) is 0 Å². The van der Waals surface area contributed by atoms with E-state index in [1.807, 2.05) is 0 Å². The van der Waals surface area contributed by atoms with Crippen molar-refractivity contribution >= 4 is 21.5 Å². The lowest BCUT2D eigenvalue weighted by molar-refractivity contribution is -0.978. The van der Waals surface area contributed by atoms with Crippen LogP contribution in [0.15, 0.2) is 425 Å². The summed E-state index contributed by atoms with van der Waals surface area (Å²) in [5.74, 6) is 0. The van der Waals surface area contributed by atoms with Crippen LogP contribution in [0.5, 0.6) is 0 Å². The summed E-state index contributed by atoms with van der Waals surface area (Å²) in [5, 5.41) is 37.0. The minimum atomic E-state index is -1.87. The zero-order chi connectivity index (χ0) is 75.5. The highest BCUT2D eigenvalue weighted by Crippen LogP contribution is 2.55. The fourth-order valence-electron chi connectivity index (χ4n) is 18.6. The molecule has 0 saturated heterocycles. The Bertz CT molecular complexity index is 5720. The molecule has 0 radical (unpaired) electrons. The largest absolute Gasteiger partial charge is 1.00 e. The lowest BCUT2D eigenvalue weighted by atomic mass is 9.73. The molecule has 20 rings (SSSR count). The number of rotatable bonds is 14. The molecule has 114 heavy (non-hydrogen) atoms. The Morgan fingerprint density at radius 2 is 0.430 bits per heavy atom. The first-order chi connectivity index (χ1) is 55.7. The maximum atomic E-state index is 16.1. The van der Waals surface area contributed by atoms with Crippen molar-refractivity contribution in [1.82, 2.24) is 0 Å². The molecule has 3 nitrogen and oxygen atoms in total. The van der Waals surface area contributed by atoms with Gasteiger partial charge >= 0.3 is 0 Å². The van der Waals surface area contributed by atoms with E-state index in [0.717, 1.165) is 145 Å². The van der Waals surface area contributed by atoms with Crippen molar-refractivity contribution in [1.29, 1.82) is 0 Å². The van der Waals surface area contributed by atoms with E-state index in [1.165, 1.54) is 43.8 Å². The summed E-state index contributed by atoms with van der Waals surface area (Å²) in [7, 11) is 0. The highest BCUT2D eigenvalue weighted by molar-refractivity contribution is 6.08. The number of benzene rings is 18. The van der Waals surface area contributed by atoms with Gasteiger partial charge in [-0.15, -0.1) is 0 Å². The van der Waals surface area contributed by atoms with Crippen LogP contribution in [0.25, 0.3) is 133 Å². The fourth-order valence-corrected chi connectivity index (χ4v) is 18.6. The van der Waals surface area contributed by atoms with Crippen LogP contribution in [0.1, 0.15) is 55.6 Å². The third-order valence-corrected chi connectivity index (χ3v) is 24.0. The van der Waals surface area contributed by atoms with E-state index in [4.69, 9.17) is 0 Å². The minimum Gasteiger partial charge on any atom is -1.00 e. The average molecular weight is 1530 g/mol. The summed E-state index contributed by atoms with van der Waals surface area (Å²) in [6.07, 6.45) is 0. The number of halogens is 1. The van der Waals surface area contributed by atoms with E-state index in [1.54, 1.807) is 0 Å². The third-order valence-electron chi connectivity index (χ3n) is 24.0. The molecule has 2 N–H and O–H groups in total. The van der Waals surface area contributed by atoms with Gasteiger partial charge in [-0.1, -0.05) is 352 Å². The molecular weight excluding hydrogens is 1450 g/mol. The van der Waals surface area contributed by atoms with Gasteiger partial charge in [-0.2, -0.15) is 0 Å². The average Bonchev–Trinajstić information content (AvgIpc) is 1.46. The van der Waals surface area contributed by atoms with Gasteiger partial charge < -0.3 is 31.7 Å². The second-order valence-corrected chi connectivity index (χ2v) is 30.8. The Kier molecular flexibility index (Phi) is 18.6. The lowest BCUT2D eigenvalue weighted by Gasteiger charge is -2.41. The lowest BCUT2D eigenvalue weighted by Crippen LogP contribution is -3.00. The van der Waals surface area contributed by atoms with Gasteiger partial charge in [0.25, 0.3) is 0 Å². The normalized spacial score (nSPS) is 12.9. The zero-order valence-corrected chi connectivity index (χ0v) is 64.5. The number of quaternary nitrogens is 1. The highest BCUT2D eigenvalue weighted by atomic mass is 79.9. The summed E-state index contributed by atoms with van der Waals surface area (Å²) in [6, 6.07) is 153. The van der Waals surface area contributed by atoms with Crippen molar-refractivity contribution in [3.63, 3.8) is 0 Å². The smallest absolute Gasteiger partial charge is 0.141 e. The van der Waals surface area contributed by atoms with Gasteiger partial charge in [-0.25, -0.2) is 0 Å². The van der Waals surface area contributed by atoms with Crippen LogP contribution in [-0.4, -0.2) is 14.7 Å². The third kappa shape index (κ3) is 12.9. The first-order valence-electron chi connectivity index (χ1n) is 39.3. The Hall–Kier alpha value is -13.2. The van der Waals surface area contributed by atoms with Gasteiger partial charge in [0.2, 0.25) is 0 Å². The molecular formula is C110H80BrNO2. The van der Waals surface area contributed by atoms with E-state index in [-0.39, 0.29) is 17.0 Å². The summed E-state index contributed by atoms with van der Waals surface area (Å²) < 4.78 is 0.480. The van der Waals surface area contributed by atoms with E-state index in [2.05, 4.69) is 425 Å². The number of nitrogens with zero attached hydrogens (tertiary/aromatic N) is 1. The standard InChI is InChI=1S/C110H80NO2.BrH/c112-109(95-63-87(75-31-9-1-10-32-75)59-88(64-95)76-33-11-2-12-34-76,96-65-89(77-35-13-3-14-36-77)60-90(66-96)78-37-15-4-16-38-78)105-53-29-51-101-102-52-30-54-106(104(102)74-111(73-103(101)105)71-85-57-55-83-47-25-27-49-99(83)107(85)108-86(72-111)58-56-84-48-26-28-50-100(84)108)110(113,97-67-91(79-39-17-5-18-40-79)61-92(68-97)80-41-19-6-20-42-80)98-69-93(81-43-21-7-22-44-81)62-94(70-98)82-45-23-8-24-46-82;/h1-70,112-113H,71-74H2;1H/q+1;/p-1. The molecule has 0 atom stereocenters. The van der Waals surface area contributed by atoms with Crippen molar-refractivity contribution in [3.05, 3.63) is 480 Å². The molecule has 2 heterocycles. The Morgan fingerprint density at radius 3 is 0.675 bits per heavy atom. The van der Waals surface area contributed by atoms with Crippen molar-refractivity contribution in [2.75, 3.05) is 0 Å². The molecule has 18 aromatic rings. The number of hydrogen-bond acceptors (Lipinski definition) is 2. The molecule has 18 aromatic carbocycles. The van der Waals surface area contributed by atoms with E-state index in [9.17, 15) is 0 Å². The van der Waals surface area contributed by atoms with Gasteiger partial charge in [-0.3, -0.25) is 0 Å². The molecule has 0 saturated carbocycles. The van der Waals surface area contributed by atoms with Crippen LogP contribution in [0.4, 0.5) is 0 Å². The van der Waals surface area contributed by atoms with Crippen molar-refractivity contribution < 1.29 is 31.7 Å². The molecule has 0 aromatic heterocycles. The van der Waals surface area contributed by atoms with Crippen molar-refractivity contribution in [2.45, 2.75) is 37.4 Å². The van der Waals surface area contributed by atoms with Crippen LogP contribution >= 0.6 is 0 Å². The number of fused-ring (bicyclic) bond motifs is 10. The van der Waals surface area contributed by atoms with E-state index in [0.29, 0.717) is 30.7 Å². The molecule has 2 aliphatic rings. The fraction of sp³-hybridized carbons (Fsp3) is 0.0545. The summed E-state index contributed by atoms with van der Waals surface area (Å²) >= 11 is 0. The SMILES string of the molecule is OC(c1cc(-c2ccccc2)cc(-c2ccccc2)c1)(c1cc(-c2ccccc2)cc(-c2ccccc2)c1)c1cccc2c1C[N+]1(Cc3ccc4ccccc4c3-c3c(ccc4ccccc34)C1)Cc1c-2cccc1C(O)(c1cc(-c2ccccc2)cc(-c2ccccc2)c1)c1cc(-c2ccccc2)cc(-c2ccccc2)c1.[Br-]. The van der Waals surface area contributed by atoms with Gasteiger partial charge in [0.1, 0.15) is 37.4 Å². The molecule has 0 unspecified atom stereocenters. The quantitative estimate of drug-likeness (QED) is 0.0841. The topological polar surface area (TPSA) is 40.5 Å². The van der Waals surface area contributed by atoms with Crippen LogP contribution in [0.2, 0.25) is 0 Å². The Balaban J connectivity index is 0.00000871. The maximum Gasteiger partial charge on any atom is 0.141 e. The van der Waals surface area contributed by atoms with Gasteiger partial charge in [-0.05, 0) is 228 Å². The molecule has 0 aliphatic carbocycles. The Morgan fingerprint density at radius 1 is 0.202 bits per heavy atom. The van der Waals surface area contributed by atoms with Crippen LogP contribution in [0.3, 0.4) is 0 Å². The van der Waals surface area contributed by atoms with Gasteiger partial charge in [0, 0.05) is 33.4 Å². The second-order valence-electron chi connectivity index (χ2n) is 30.8. The first-order valence-corrected chi connectivity index (χ1v) is 39.3. The van der Waals surface area contributed by atoms with Crippen molar-refractivity contribution in [3.8, 4) is 111 Å². The predicted molar refractivity (Wildman–Crippen MR) is 467 cm³/mol. The summed E-state index contributed by atoms with van der Waals surface area (Å²) in [5.41, 5.74) is 26.0. The monoisotopic (exact) mass is 1530 g/mol. The summed E-state index contributed by atoms with van der Waals surface area (Å²) in [6.45, 7) is 2.18. The zero-order valence-electron chi connectivity index (χ0n) is 63.0. The molecule has 4 heteroatoms. The molecule has 0 amide bonds. The molecule has 1 spiro atoms. The van der Waals surface area contributed by atoms with Gasteiger partial charge in [0.15, 0.2) is 0 Å². The highest BCUT2D eigenvalue weighted by Gasteiger charge is 2.47. The minimum absolute atomic E-state index is 0. The van der Waals surface area contributed by atoms with Crippen molar-refractivity contribution in [2.24, 2.45) is 0 Å². The van der Waals surface area contributed by atoms with Crippen LogP contribution < -0.4 is 17.0 Å². The Labute approximate surface area is 677 Å². The van der Waals surface area contributed by atoms with Crippen LogP contribution in [0, 0.1) is 0 Å². The molecule has 0 fully saturated rings. The van der Waals surface area contributed by atoms with E-state index < -0.39 is 11.2 Å². The second kappa shape index (κ2) is 29.8. The summed E-state index contributed by atoms with van der Waals surface area (Å²) in [4.78, 5) is 0. The predicted octanol–water partition coefficient (Wildman–Crippen LogP) is 23.8. The number of hydrogen-bond donors (Lipinski definition) is 2. The van der Waals surface area contributed by atoms with E-state index >= 15 is 10.2 Å². The number of aliphatic hydroxyl groups is 2. The molecule has 544 valence electrons. The first kappa shape index (κ1) is 71.2. The van der Waals surface area contributed by atoms with Crippen LogP contribution in [-0.2, 0) is 37.4 Å². The molecule has 0 bridgehead atoms. The molecule has 2 aliphatic heterocycles. The maximum absolute atomic E-state index is 16.1.